The predicted octanol–water partition coefficient (Wildman–Crippen LogP) is 13.9. The first kappa shape index (κ1) is 40.2. The lowest BCUT2D eigenvalue weighted by Gasteiger charge is -2.07. The van der Waals surface area contributed by atoms with Crippen molar-refractivity contribution in [2.24, 2.45) is 0 Å². The smallest absolute Gasteiger partial charge is 0.234 e. The average molecular weight is 602 g/mol. The van der Waals surface area contributed by atoms with Crippen LogP contribution in [0.25, 0.3) is 0 Å². The van der Waals surface area contributed by atoms with Gasteiger partial charge in [0.15, 0.2) is 0 Å². The Morgan fingerprint density at radius 1 is 0.395 bits per heavy atom. The van der Waals surface area contributed by atoms with Crippen LogP contribution in [-0.4, -0.2) is 4.57 Å². The van der Waals surface area contributed by atoms with E-state index in [1.807, 2.05) is 0 Å². The summed E-state index contributed by atoms with van der Waals surface area (Å²) < 4.78 is 5.26. The van der Waals surface area contributed by atoms with Gasteiger partial charge in [-0.15, -0.1) is 0 Å². The molecule has 0 spiro atoms. The Bertz CT molecular complexity index is 663. The summed E-state index contributed by atoms with van der Waals surface area (Å²) in [6.07, 6.45) is 51.9. The van der Waals surface area contributed by atoms with E-state index >= 15 is 0 Å². The molecule has 0 unspecified atom stereocenters. The van der Waals surface area contributed by atoms with Gasteiger partial charge >= 0.3 is 0 Å². The Hall–Kier alpha value is -0.790. The number of unbranched alkanes of at least 4 members (excludes halogenated alkanes) is 29. The third-order valence-electron chi connectivity index (χ3n) is 9.85. The van der Waals surface area contributed by atoms with E-state index in [0.29, 0.717) is 0 Å². The number of rotatable bonds is 35. The molecule has 2 nitrogen and oxygen atoms in total. The van der Waals surface area contributed by atoms with Crippen molar-refractivity contribution in [1.82, 2.24) is 4.57 Å². The van der Waals surface area contributed by atoms with Crippen LogP contribution in [0.4, 0.5) is 0 Å². The maximum Gasteiger partial charge on any atom is 0.256 e. The maximum absolute atomic E-state index is 2.64. The zero-order valence-corrected chi connectivity index (χ0v) is 30.3. The van der Waals surface area contributed by atoms with E-state index in [4.69, 9.17) is 0 Å². The summed E-state index contributed by atoms with van der Waals surface area (Å²) in [5, 5.41) is 0. The standard InChI is InChI=1S/C41H81N2/c1-4-7-10-13-16-18-20-22-24-26-28-30-33-36-41-42(37-34-31-15-12-9-6-3)39-40-43(41)38-35-32-29-27-25-23-21-19-17-14-11-8-5-2/h39-40H,4-38H2,1-3H3/q+1. The van der Waals surface area contributed by atoms with E-state index in [9.17, 15) is 0 Å². The van der Waals surface area contributed by atoms with Gasteiger partial charge in [-0.25, -0.2) is 9.13 Å². The molecule has 1 aromatic heterocycles. The van der Waals surface area contributed by atoms with Gasteiger partial charge in [-0.1, -0.05) is 194 Å². The van der Waals surface area contributed by atoms with Crippen LogP contribution >= 0.6 is 0 Å². The first-order chi connectivity index (χ1) is 21.3. The van der Waals surface area contributed by atoms with E-state index in [2.05, 4.69) is 42.3 Å². The second-order valence-corrected chi connectivity index (χ2v) is 14.1. The lowest BCUT2D eigenvalue weighted by molar-refractivity contribution is -0.704. The fourth-order valence-electron chi connectivity index (χ4n) is 6.86. The highest BCUT2D eigenvalue weighted by Gasteiger charge is 2.16. The highest BCUT2D eigenvalue weighted by molar-refractivity contribution is 4.84. The topological polar surface area (TPSA) is 8.81 Å². The molecule has 0 aromatic carbocycles. The van der Waals surface area contributed by atoms with Crippen molar-refractivity contribution in [2.75, 3.05) is 0 Å². The minimum atomic E-state index is 1.23. The summed E-state index contributed by atoms with van der Waals surface area (Å²) in [5.41, 5.74) is 0. The summed E-state index contributed by atoms with van der Waals surface area (Å²) in [7, 11) is 0. The second kappa shape index (κ2) is 32.6. The quantitative estimate of drug-likeness (QED) is 0.0540. The zero-order chi connectivity index (χ0) is 30.9. The Kier molecular flexibility index (Phi) is 30.5. The van der Waals surface area contributed by atoms with Crippen LogP contribution in [-0.2, 0) is 19.5 Å². The lowest BCUT2D eigenvalue weighted by Crippen LogP contribution is -2.37. The van der Waals surface area contributed by atoms with Crippen molar-refractivity contribution in [3.63, 3.8) is 0 Å². The van der Waals surface area contributed by atoms with E-state index in [1.165, 1.54) is 225 Å². The zero-order valence-electron chi connectivity index (χ0n) is 30.3. The molecule has 0 bridgehead atoms. The molecule has 1 aromatic rings. The third kappa shape index (κ3) is 25.1. The molecule has 0 aliphatic heterocycles. The van der Waals surface area contributed by atoms with Gasteiger partial charge in [0.2, 0.25) is 0 Å². The molecule has 0 amide bonds. The molecule has 1 heterocycles. The number of aryl methyl sites for hydroxylation is 2. The SMILES string of the molecule is CCCCCCCCCCCCCCCc1n(CCCCCCCCCCCCCCC)cc[n+]1CCCCCCCC. The average Bonchev–Trinajstić information content (AvgIpc) is 3.40. The number of imidazole rings is 1. The van der Waals surface area contributed by atoms with Gasteiger partial charge in [0.1, 0.15) is 12.4 Å². The molecule has 1 rings (SSSR count). The van der Waals surface area contributed by atoms with Crippen molar-refractivity contribution in [2.45, 2.75) is 246 Å². The molecule has 2 heteroatoms. The van der Waals surface area contributed by atoms with Crippen LogP contribution in [0.1, 0.15) is 232 Å². The van der Waals surface area contributed by atoms with Crippen LogP contribution in [0.3, 0.4) is 0 Å². The Labute approximate surface area is 272 Å². The van der Waals surface area contributed by atoms with E-state index < -0.39 is 0 Å². The summed E-state index contributed by atoms with van der Waals surface area (Å²) in [6, 6.07) is 0. The van der Waals surface area contributed by atoms with Gasteiger partial charge < -0.3 is 0 Å². The third-order valence-corrected chi connectivity index (χ3v) is 9.85. The molecule has 0 aliphatic rings. The Morgan fingerprint density at radius 2 is 0.721 bits per heavy atom. The van der Waals surface area contributed by atoms with Gasteiger partial charge in [-0.05, 0) is 32.1 Å². The lowest BCUT2D eigenvalue weighted by atomic mass is 10.0. The molecular weight excluding hydrogens is 520 g/mol. The first-order valence-corrected chi connectivity index (χ1v) is 20.4. The number of nitrogens with zero attached hydrogens (tertiary/aromatic N) is 2. The molecular formula is C41H81N2+. The van der Waals surface area contributed by atoms with Crippen LogP contribution in [0.15, 0.2) is 12.4 Å². The second-order valence-electron chi connectivity index (χ2n) is 14.1. The summed E-state index contributed by atoms with van der Waals surface area (Å²) in [5.74, 6) is 1.62. The molecule has 0 saturated heterocycles. The maximum atomic E-state index is 2.64. The van der Waals surface area contributed by atoms with Crippen LogP contribution in [0.5, 0.6) is 0 Å². The minimum absolute atomic E-state index is 1.23. The Balaban J connectivity index is 2.24. The molecule has 0 atom stereocenters. The molecule has 0 aliphatic carbocycles. The van der Waals surface area contributed by atoms with Gasteiger partial charge in [0, 0.05) is 6.42 Å². The molecule has 0 saturated carbocycles. The van der Waals surface area contributed by atoms with Crippen molar-refractivity contribution in [3.8, 4) is 0 Å². The number of aromatic nitrogens is 2. The van der Waals surface area contributed by atoms with E-state index in [1.54, 1.807) is 5.82 Å². The minimum Gasteiger partial charge on any atom is -0.234 e. The van der Waals surface area contributed by atoms with Crippen LogP contribution in [0, 0.1) is 0 Å². The van der Waals surface area contributed by atoms with Crippen LogP contribution in [0.2, 0.25) is 0 Å². The summed E-state index contributed by atoms with van der Waals surface area (Å²) in [6.45, 7) is 9.40. The van der Waals surface area contributed by atoms with Crippen molar-refractivity contribution < 1.29 is 4.57 Å². The molecule has 0 radical (unpaired) electrons. The molecule has 0 N–H and O–H groups in total. The van der Waals surface area contributed by atoms with Gasteiger partial charge in [-0.2, -0.15) is 0 Å². The number of hydrogen-bond donors (Lipinski definition) is 0. The Morgan fingerprint density at radius 3 is 1.12 bits per heavy atom. The first-order valence-electron chi connectivity index (χ1n) is 20.4. The summed E-state index contributed by atoms with van der Waals surface area (Å²) >= 11 is 0. The van der Waals surface area contributed by atoms with Crippen molar-refractivity contribution >= 4 is 0 Å². The number of hydrogen-bond acceptors (Lipinski definition) is 0. The largest absolute Gasteiger partial charge is 0.256 e. The fourth-order valence-corrected chi connectivity index (χ4v) is 6.86. The molecule has 43 heavy (non-hydrogen) atoms. The van der Waals surface area contributed by atoms with Crippen molar-refractivity contribution in [3.05, 3.63) is 18.2 Å². The van der Waals surface area contributed by atoms with Gasteiger partial charge in [0.05, 0.1) is 13.1 Å². The molecule has 0 fully saturated rings. The van der Waals surface area contributed by atoms with Crippen molar-refractivity contribution in [1.29, 1.82) is 0 Å². The monoisotopic (exact) mass is 602 g/mol. The highest BCUT2D eigenvalue weighted by Crippen LogP contribution is 2.16. The predicted molar refractivity (Wildman–Crippen MR) is 193 cm³/mol. The van der Waals surface area contributed by atoms with Crippen LogP contribution < -0.4 is 4.57 Å². The fraction of sp³-hybridized carbons (Fsp3) is 0.927. The molecule has 254 valence electrons. The van der Waals surface area contributed by atoms with Gasteiger partial charge in [0.25, 0.3) is 5.82 Å². The summed E-state index contributed by atoms with van der Waals surface area (Å²) in [4.78, 5) is 0. The van der Waals surface area contributed by atoms with E-state index in [0.717, 1.165) is 0 Å². The van der Waals surface area contributed by atoms with Gasteiger partial charge in [-0.3, -0.25) is 0 Å². The highest BCUT2D eigenvalue weighted by atomic mass is 15.1. The normalized spacial score (nSPS) is 11.6. The van der Waals surface area contributed by atoms with E-state index in [-0.39, 0.29) is 0 Å².